The van der Waals surface area contributed by atoms with Gasteiger partial charge in [0.15, 0.2) is 0 Å². The van der Waals surface area contributed by atoms with E-state index in [2.05, 4.69) is 5.32 Å². The summed E-state index contributed by atoms with van der Waals surface area (Å²) in [7, 11) is 3.65. The normalized spacial score (nSPS) is 20.9. The molecule has 2 atom stereocenters. The molecule has 1 aromatic rings. The average Bonchev–Trinajstić information content (AvgIpc) is 2.95. The Hall–Kier alpha value is -2.35. The van der Waals surface area contributed by atoms with Crippen LogP contribution in [0.4, 0.5) is 0 Å². The minimum Gasteiger partial charge on any atom is -0.483 e. The number of carboxylic acid groups (broad SMARTS) is 2. The molecule has 8 nitrogen and oxygen atoms in total. The summed E-state index contributed by atoms with van der Waals surface area (Å²) in [5, 5.41) is 18.8. The summed E-state index contributed by atoms with van der Waals surface area (Å²) >= 11 is 0. The van der Waals surface area contributed by atoms with Gasteiger partial charge in [-0.15, -0.1) is 0 Å². The van der Waals surface area contributed by atoms with Crippen molar-refractivity contribution < 1.29 is 24.6 Å². The third kappa shape index (κ3) is 4.08. The van der Waals surface area contributed by atoms with Gasteiger partial charge in [0.1, 0.15) is 6.04 Å². The van der Waals surface area contributed by atoms with Gasteiger partial charge in [-0.1, -0.05) is 0 Å². The first-order chi connectivity index (χ1) is 10.3. The number of carbonyl (C=O) groups is 3. The number of carboxylic acids is 1. The number of likely N-dealkylation sites (tertiary alicyclic amines) is 1. The molecule has 3 N–H and O–H groups in total. The third-order valence-corrected chi connectivity index (χ3v) is 3.80. The highest BCUT2D eigenvalue weighted by Gasteiger charge is 2.35. The van der Waals surface area contributed by atoms with Crippen molar-refractivity contribution in [2.45, 2.75) is 25.4 Å². The Bertz CT molecular complexity index is 555. The zero-order valence-corrected chi connectivity index (χ0v) is 12.8. The number of rotatable bonds is 3. The van der Waals surface area contributed by atoms with Crippen molar-refractivity contribution in [2.75, 3.05) is 13.6 Å². The number of likely N-dealkylation sites (N-methyl/N-ethyl adjacent to an activating group) is 1. The van der Waals surface area contributed by atoms with Crippen molar-refractivity contribution in [1.82, 2.24) is 14.8 Å². The molecule has 22 heavy (non-hydrogen) atoms. The highest BCUT2D eigenvalue weighted by Crippen LogP contribution is 2.17. The molecule has 1 fully saturated rings. The van der Waals surface area contributed by atoms with E-state index in [4.69, 9.17) is 15.0 Å². The lowest BCUT2D eigenvalue weighted by Gasteiger charge is -2.13. The molecule has 0 saturated carbocycles. The minimum absolute atomic E-state index is 0.113. The zero-order chi connectivity index (χ0) is 16.9. The number of amides is 1. The van der Waals surface area contributed by atoms with Gasteiger partial charge in [0.25, 0.3) is 12.4 Å². The van der Waals surface area contributed by atoms with Gasteiger partial charge in [-0.25, -0.2) is 0 Å². The number of aryl methyl sites for hydroxylation is 1. The summed E-state index contributed by atoms with van der Waals surface area (Å²) in [6, 6.07) is 1.15. The molecule has 1 aromatic heterocycles. The van der Waals surface area contributed by atoms with E-state index in [1.54, 1.807) is 18.0 Å². The van der Waals surface area contributed by atoms with Crippen LogP contribution in [0.1, 0.15) is 22.5 Å². The Morgan fingerprint density at radius 2 is 2.00 bits per heavy atom. The van der Waals surface area contributed by atoms with Crippen LogP contribution in [0.5, 0.6) is 0 Å². The summed E-state index contributed by atoms with van der Waals surface area (Å²) < 4.78 is 1.88. The van der Waals surface area contributed by atoms with Gasteiger partial charge in [0.2, 0.25) is 0 Å². The van der Waals surface area contributed by atoms with E-state index in [0.29, 0.717) is 18.5 Å². The van der Waals surface area contributed by atoms with Crippen molar-refractivity contribution in [2.24, 2.45) is 7.05 Å². The summed E-state index contributed by atoms with van der Waals surface area (Å²) in [5.74, 6) is -0.974. The van der Waals surface area contributed by atoms with E-state index in [0.717, 1.165) is 5.69 Å². The number of aliphatic carboxylic acids is 1. The van der Waals surface area contributed by atoms with Crippen LogP contribution in [0, 0.1) is 6.92 Å². The van der Waals surface area contributed by atoms with Gasteiger partial charge in [0, 0.05) is 31.5 Å². The Labute approximate surface area is 128 Å². The Morgan fingerprint density at radius 3 is 2.41 bits per heavy atom. The van der Waals surface area contributed by atoms with E-state index in [1.165, 1.54) is 0 Å². The second kappa shape index (κ2) is 7.60. The van der Waals surface area contributed by atoms with Crippen LogP contribution in [0.15, 0.2) is 12.3 Å². The highest BCUT2D eigenvalue weighted by atomic mass is 16.4. The number of nitrogens with one attached hydrogen (secondary N) is 1. The van der Waals surface area contributed by atoms with Crippen molar-refractivity contribution in [3.8, 4) is 0 Å². The van der Waals surface area contributed by atoms with E-state index in [-0.39, 0.29) is 18.4 Å². The van der Waals surface area contributed by atoms with Gasteiger partial charge in [-0.3, -0.25) is 19.3 Å². The molecule has 0 unspecified atom stereocenters. The summed E-state index contributed by atoms with van der Waals surface area (Å²) in [6.07, 6.45) is 2.29. The molecule has 8 heteroatoms. The Morgan fingerprint density at radius 1 is 1.41 bits per heavy atom. The number of hydrogen-bond donors (Lipinski definition) is 3. The predicted octanol–water partition coefficient (Wildman–Crippen LogP) is -0.0786. The van der Waals surface area contributed by atoms with Gasteiger partial charge in [-0.05, 0) is 26.5 Å². The molecular formula is C14H21N3O5. The Kier molecular flexibility index (Phi) is 6.11. The van der Waals surface area contributed by atoms with Crippen molar-refractivity contribution in [3.05, 3.63) is 23.5 Å². The summed E-state index contributed by atoms with van der Waals surface area (Å²) in [5.41, 5.74) is 1.54. The summed E-state index contributed by atoms with van der Waals surface area (Å²) in [6.45, 7) is 2.20. The molecular weight excluding hydrogens is 290 g/mol. The minimum atomic E-state index is -0.838. The fourth-order valence-corrected chi connectivity index (χ4v) is 2.50. The molecule has 1 saturated heterocycles. The quantitative estimate of drug-likeness (QED) is 0.673. The van der Waals surface area contributed by atoms with E-state index in [1.807, 2.05) is 24.7 Å². The monoisotopic (exact) mass is 311 g/mol. The fraction of sp³-hybridized carbons (Fsp3) is 0.500. The number of carbonyl (C=O) groups excluding carboxylic acids is 1. The second-order valence-corrected chi connectivity index (χ2v) is 5.23. The molecule has 122 valence electrons. The molecule has 0 spiro atoms. The predicted molar refractivity (Wildman–Crippen MR) is 78.8 cm³/mol. The van der Waals surface area contributed by atoms with Crippen molar-refractivity contribution in [1.29, 1.82) is 0 Å². The maximum Gasteiger partial charge on any atom is 0.320 e. The smallest absolute Gasteiger partial charge is 0.320 e. The molecule has 0 aliphatic carbocycles. The summed E-state index contributed by atoms with van der Waals surface area (Å²) in [4.78, 5) is 33.3. The highest BCUT2D eigenvalue weighted by molar-refractivity contribution is 5.95. The van der Waals surface area contributed by atoms with Gasteiger partial charge in [0.05, 0.1) is 5.56 Å². The lowest BCUT2D eigenvalue weighted by molar-refractivity contribution is -0.141. The number of hydrogen-bond acceptors (Lipinski definition) is 4. The first-order valence-electron chi connectivity index (χ1n) is 6.75. The Balaban J connectivity index is 0.000000745. The number of nitrogens with zero attached hydrogens (tertiary/aromatic N) is 2. The molecule has 0 radical (unpaired) electrons. The van der Waals surface area contributed by atoms with Crippen LogP contribution >= 0.6 is 0 Å². The van der Waals surface area contributed by atoms with Crippen LogP contribution in [0.25, 0.3) is 0 Å². The van der Waals surface area contributed by atoms with Crippen LogP contribution in [0.2, 0.25) is 0 Å². The molecule has 1 aliphatic rings. The maximum atomic E-state index is 12.1. The van der Waals surface area contributed by atoms with Crippen LogP contribution in [-0.4, -0.2) is 63.7 Å². The van der Waals surface area contributed by atoms with Crippen molar-refractivity contribution in [3.63, 3.8) is 0 Å². The molecule has 0 bridgehead atoms. The molecule has 1 aliphatic heterocycles. The van der Waals surface area contributed by atoms with Crippen LogP contribution in [-0.2, 0) is 16.6 Å². The third-order valence-electron chi connectivity index (χ3n) is 3.80. The van der Waals surface area contributed by atoms with Crippen molar-refractivity contribution >= 4 is 18.3 Å². The fourth-order valence-electron chi connectivity index (χ4n) is 2.50. The first-order valence-corrected chi connectivity index (χ1v) is 6.75. The first kappa shape index (κ1) is 17.7. The van der Waals surface area contributed by atoms with Gasteiger partial charge in [-0.2, -0.15) is 0 Å². The lowest BCUT2D eigenvalue weighted by atomic mass is 10.1. The van der Waals surface area contributed by atoms with Gasteiger partial charge < -0.3 is 20.1 Å². The average molecular weight is 311 g/mol. The van der Waals surface area contributed by atoms with Crippen LogP contribution < -0.4 is 5.32 Å². The molecule has 2 rings (SSSR count). The molecule has 0 aromatic carbocycles. The molecule has 1 amide bonds. The van der Waals surface area contributed by atoms with Gasteiger partial charge >= 0.3 is 5.97 Å². The molecule has 2 heterocycles. The van der Waals surface area contributed by atoms with E-state index in [9.17, 15) is 9.59 Å². The largest absolute Gasteiger partial charge is 0.483 e. The lowest BCUT2D eigenvalue weighted by Crippen LogP contribution is -2.36. The SMILES string of the molecule is Cc1c(C(=O)N[C@H]2C[C@@H](C(=O)O)N(C)C2)ccn1C.O=CO. The number of aromatic nitrogens is 1. The van der Waals surface area contributed by atoms with Crippen LogP contribution in [0.3, 0.4) is 0 Å². The topological polar surface area (TPSA) is 112 Å². The van der Waals surface area contributed by atoms with E-state index >= 15 is 0 Å². The standard InChI is InChI=1S/C13H19N3O3.CH2O2/c1-8-10(4-5-15(8)2)12(17)14-9-6-11(13(18)19)16(3)7-9;2-1-3/h4-5,9,11H,6-7H2,1-3H3,(H,14,17)(H,18,19);1H,(H,2,3)/t9-,11-;/m0./s1. The maximum absolute atomic E-state index is 12.1. The van der Waals surface area contributed by atoms with E-state index < -0.39 is 12.0 Å². The second-order valence-electron chi connectivity index (χ2n) is 5.23. The zero-order valence-electron chi connectivity index (χ0n) is 12.8.